The van der Waals surface area contributed by atoms with Crippen LogP contribution in [-0.4, -0.2) is 60.8 Å². The molecule has 0 amide bonds. The second kappa shape index (κ2) is 11.5. The monoisotopic (exact) mass is 338 g/mol. The lowest BCUT2D eigenvalue weighted by Crippen LogP contribution is -2.57. The van der Waals surface area contributed by atoms with Crippen LogP contribution in [0, 0.1) is 0 Å². The van der Waals surface area contributed by atoms with E-state index in [9.17, 15) is 0 Å². The fraction of sp³-hybridized carbons (Fsp3) is 1.00. The molecule has 0 spiro atoms. The van der Waals surface area contributed by atoms with Gasteiger partial charge in [-0.05, 0) is 41.5 Å². The summed E-state index contributed by atoms with van der Waals surface area (Å²) in [6.45, 7) is 14.2. The third kappa shape index (κ3) is 6.23. The van der Waals surface area contributed by atoms with E-state index < -0.39 is 14.6 Å². The average molecular weight is 339 g/mol. The summed E-state index contributed by atoms with van der Waals surface area (Å²) in [5, 5.41) is 0. The van der Waals surface area contributed by atoms with E-state index in [1.54, 1.807) is 7.11 Å². The summed E-state index contributed by atoms with van der Waals surface area (Å²) in [7, 11) is -1.28. The number of hydrogen-bond acceptors (Lipinski definition) is 6. The van der Waals surface area contributed by atoms with Gasteiger partial charge in [0.2, 0.25) is 0 Å². The third-order valence-electron chi connectivity index (χ3n) is 3.32. The van der Waals surface area contributed by atoms with Crippen molar-refractivity contribution in [1.82, 2.24) is 0 Å². The SMILES string of the molecule is CCOC(C)C(C[Si](OC)(OCC)OCC)(OCC)OCC. The lowest BCUT2D eigenvalue weighted by Gasteiger charge is -2.41. The van der Waals surface area contributed by atoms with Gasteiger partial charge in [-0.2, -0.15) is 0 Å². The first kappa shape index (κ1) is 22.0. The summed E-state index contributed by atoms with van der Waals surface area (Å²) in [5.74, 6) is -0.938. The maximum atomic E-state index is 5.98. The highest BCUT2D eigenvalue weighted by Crippen LogP contribution is 2.33. The Balaban J connectivity index is 5.50. The molecule has 0 bridgehead atoms. The molecule has 134 valence electrons. The van der Waals surface area contributed by atoms with Crippen LogP contribution in [-0.2, 0) is 27.5 Å². The minimum Gasteiger partial charge on any atom is -0.377 e. The Morgan fingerprint density at radius 2 is 1.32 bits per heavy atom. The molecule has 22 heavy (non-hydrogen) atoms. The van der Waals surface area contributed by atoms with Gasteiger partial charge in [0.1, 0.15) is 6.10 Å². The van der Waals surface area contributed by atoms with Crippen LogP contribution in [0.1, 0.15) is 41.5 Å². The van der Waals surface area contributed by atoms with Gasteiger partial charge in [0.05, 0.1) is 6.04 Å². The van der Waals surface area contributed by atoms with Crippen LogP contribution >= 0.6 is 0 Å². The Morgan fingerprint density at radius 3 is 1.64 bits per heavy atom. The van der Waals surface area contributed by atoms with Crippen LogP contribution in [0.4, 0.5) is 0 Å². The summed E-state index contributed by atoms with van der Waals surface area (Å²) in [5.41, 5.74) is 0. The van der Waals surface area contributed by atoms with Crippen molar-refractivity contribution in [2.24, 2.45) is 0 Å². The minimum atomic E-state index is -2.90. The number of ether oxygens (including phenoxy) is 3. The predicted octanol–water partition coefficient (Wildman–Crippen LogP) is 2.84. The van der Waals surface area contributed by atoms with Gasteiger partial charge in [0.15, 0.2) is 5.79 Å². The molecule has 0 aromatic carbocycles. The van der Waals surface area contributed by atoms with Crippen LogP contribution in [0.5, 0.6) is 0 Å². The first-order valence-electron chi connectivity index (χ1n) is 8.22. The molecular formula is C15H34O6Si. The molecule has 6 nitrogen and oxygen atoms in total. The third-order valence-corrected chi connectivity index (χ3v) is 6.32. The molecule has 0 aliphatic heterocycles. The molecule has 1 atom stereocenters. The Bertz CT molecular complexity index is 265. The van der Waals surface area contributed by atoms with E-state index in [-0.39, 0.29) is 6.10 Å². The van der Waals surface area contributed by atoms with Crippen LogP contribution in [0.15, 0.2) is 0 Å². The smallest absolute Gasteiger partial charge is 0.377 e. The van der Waals surface area contributed by atoms with E-state index in [2.05, 4.69) is 0 Å². The van der Waals surface area contributed by atoms with Gasteiger partial charge in [-0.15, -0.1) is 0 Å². The lowest BCUT2D eigenvalue weighted by molar-refractivity contribution is -0.277. The maximum Gasteiger partial charge on any atom is 0.506 e. The zero-order chi connectivity index (χ0) is 17.1. The maximum absolute atomic E-state index is 5.98. The minimum absolute atomic E-state index is 0.264. The quantitative estimate of drug-likeness (QED) is 0.359. The summed E-state index contributed by atoms with van der Waals surface area (Å²) >= 11 is 0. The van der Waals surface area contributed by atoms with E-state index in [0.717, 1.165) is 0 Å². The van der Waals surface area contributed by atoms with E-state index in [1.807, 2.05) is 41.5 Å². The molecule has 0 saturated heterocycles. The topological polar surface area (TPSA) is 55.4 Å². The zero-order valence-corrected chi connectivity index (χ0v) is 16.3. The Hall–Kier alpha value is -0.0231. The molecule has 0 rings (SSSR count). The van der Waals surface area contributed by atoms with Crippen LogP contribution < -0.4 is 0 Å². The molecule has 0 heterocycles. The highest BCUT2D eigenvalue weighted by molar-refractivity contribution is 6.61. The van der Waals surface area contributed by atoms with Crippen molar-refractivity contribution in [2.75, 3.05) is 40.1 Å². The van der Waals surface area contributed by atoms with E-state index in [1.165, 1.54) is 0 Å². The summed E-state index contributed by atoms with van der Waals surface area (Å²) in [4.78, 5) is 0. The predicted molar refractivity (Wildman–Crippen MR) is 87.9 cm³/mol. The molecular weight excluding hydrogens is 304 g/mol. The molecule has 1 unspecified atom stereocenters. The van der Waals surface area contributed by atoms with Crippen molar-refractivity contribution < 1.29 is 27.5 Å². The molecule has 0 aromatic rings. The molecule has 0 radical (unpaired) electrons. The van der Waals surface area contributed by atoms with Crippen molar-refractivity contribution >= 4 is 8.80 Å². The highest BCUT2D eigenvalue weighted by atomic mass is 28.4. The van der Waals surface area contributed by atoms with E-state index in [4.69, 9.17) is 27.5 Å². The number of hydrogen-bond donors (Lipinski definition) is 0. The highest BCUT2D eigenvalue weighted by Gasteiger charge is 2.53. The normalized spacial score (nSPS) is 14.3. The molecule has 0 saturated carbocycles. The van der Waals surface area contributed by atoms with Crippen LogP contribution in [0.2, 0.25) is 6.04 Å². The van der Waals surface area contributed by atoms with Crippen molar-refractivity contribution in [1.29, 1.82) is 0 Å². The molecule has 0 N–H and O–H groups in total. The van der Waals surface area contributed by atoms with Gasteiger partial charge in [-0.1, -0.05) is 0 Å². The Morgan fingerprint density at radius 1 is 0.818 bits per heavy atom. The first-order chi connectivity index (χ1) is 10.5. The van der Waals surface area contributed by atoms with Gasteiger partial charge in [-0.3, -0.25) is 0 Å². The Kier molecular flexibility index (Phi) is 11.5. The molecule has 0 fully saturated rings. The van der Waals surface area contributed by atoms with Gasteiger partial charge >= 0.3 is 8.80 Å². The van der Waals surface area contributed by atoms with Crippen molar-refractivity contribution in [3.63, 3.8) is 0 Å². The fourth-order valence-corrected chi connectivity index (χ4v) is 5.11. The number of rotatable bonds is 14. The van der Waals surface area contributed by atoms with E-state index >= 15 is 0 Å². The first-order valence-corrected chi connectivity index (χ1v) is 10.1. The summed E-state index contributed by atoms with van der Waals surface area (Å²) in [6.07, 6.45) is -0.264. The van der Waals surface area contributed by atoms with Crippen molar-refractivity contribution in [3.05, 3.63) is 0 Å². The van der Waals surface area contributed by atoms with Crippen LogP contribution in [0.25, 0.3) is 0 Å². The van der Waals surface area contributed by atoms with Crippen molar-refractivity contribution in [3.8, 4) is 0 Å². The van der Waals surface area contributed by atoms with Crippen molar-refractivity contribution in [2.45, 2.75) is 59.5 Å². The van der Waals surface area contributed by atoms with Gasteiger partial charge in [0.25, 0.3) is 0 Å². The summed E-state index contributed by atoms with van der Waals surface area (Å²) < 4.78 is 35.2. The van der Waals surface area contributed by atoms with Gasteiger partial charge in [0, 0.05) is 40.1 Å². The average Bonchev–Trinajstić information content (AvgIpc) is 2.48. The second-order valence-electron chi connectivity index (χ2n) is 4.71. The van der Waals surface area contributed by atoms with Crippen LogP contribution in [0.3, 0.4) is 0 Å². The standard InChI is InChI=1S/C15H34O6Si/c1-8-17-14(6)15(18-9-2,19-10-3)13-22(16-7,20-11-4)21-12-5/h14H,8-13H2,1-7H3. The zero-order valence-electron chi connectivity index (χ0n) is 15.3. The molecule has 7 heteroatoms. The largest absolute Gasteiger partial charge is 0.506 e. The second-order valence-corrected chi connectivity index (χ2v) is 7.41. The molecule has 0 aliphatic carbocycles. The van der Waals surface area contributed by atoms with Gasteiger partial charge in [-0.25, -0.2) is 0 Å². The summed E-state index contributed by atoms with van der Waals surface area (Å²) in [6, 6.07) is 0.390. The molecule has 0 aliphatic rings. The lowest BCUT2D eigenvalue weighted by atomic mass is 10.2. The fourth-order valence-electron chi connectivity index (χ4n) is 2.46. The molecule has 0 aromatic heterocycles. The Labute approximate surface area is 136 Å². The van der Waals surface area contributed by atoms with E-state index in [0.29, 0.717) is 39.1 Å². The van der Waals surface area contributed by atoms with Gasteiger partial charge < -0.3 is 27.5 Å².